The van der Waals surface area contributed by atoms with Crippen molar-refractivity contribution in [1.29, 1.82) is 0 Å². The molecular formula is C15H19F3N2O2. The lowest BCUT2D eigenvalue weighted by Crippen LogP contribution is -2.51. The molecule has 1 fully saturated rings. The lowest BCUT2D eigenvalue weighted by molar-refractivity contribution is -0.153. The molecule has 1 aliphatic carbocycles. The summed E-state index contributed by atoms with van der Waals surface area (Å²) in [5, 5.41) is 2.69. The summed E-state index contributed by atoms with van der Waals surface area (Å²) in [5.41, 5.74) is 5.66. The fraction of sp³-hybridized carbons (Fsp3) is 0.533. The van der Waals surface area contributed by atoms with Gasteiger partial charge in [-0.3, -0.25) is 4.79 Å². The maximum Gasteiger partial charge on any atom is 0.422 e. The highest BCUT2D eigenvalue weighted by molar-refractivity contribution is 5.86. The van der Waals surface area contributed by atoms with Crippen LogP contribution >= 0.6 is 0 Å². The lowest BCUT2D eigenvalue weighted by Gasteiger charge is -2.22. The quantitative estimate of drug-likeness (QED) is 0.877. The van der Waals surface area contributed by atoms with Gasteiger partial charge in [-0.15, -0.1) is 0 Å². The first-order valence-corrected chi connectivity index (χ1v) is 7.15. The van der Waals surface area contributed by atoms with Crippen LogP contribution in [-0.4, -0.2) is 24.2 Å². The third-order valence-corrected chi connectivity index (χ3v) is 3.75. The van der Waals surface area contributed by atoms with Crippen LogP contribution in [0.15, 0.2) is 24.3 Å². The van der Waals surface area contributed by atoms with Gasteiger partial charge in [0.05, 0.1) is 5.54 Å². The third kappa shape index (κ3) is 4.37. The normalized spacial score (nSPS) is 17.3. The Hall–Kier alpha value is -1.76. The van der Waals surface area contributed by atoms with E-state index in [1.807, 2.05) is 0 Å². The van der Waals surface area contributed by atoms with Crippen molar-refractivity contribution in [3.8, 4) is 5.75 Å². The Bertz CT molecular complexity index is 526. The largest absolute Gasteiger partial charge is 0.484 e. The van der Waals surface area contributed by atoms with Gasteiger partial charge in [0.15, 0.2) is 6.61 Å². The number of amides is 1. The maximum atomic E-state index is 12.2. The molecule has 0 saturated heterocycles. The first-order valence-electron chi connectivity index (χ1n) is 7.15. The van der Waals surface area contributed by atoms with Crippen molar-refractivity contribution in [2.45, 2.75) is 43.9 Å². The molecule has 0 bridgehead atoms. The minimum atomic E-state index is -4.40. The number of benzene rings is 1. The van der Waals surface area contributed by atoms with Gasteiger partial charge in [0.1, 0.15) is 5.75 Å². The van der Waals surface area contributed by atoms with Crippen molar-refractivity contribution in [3.63, 3.8) is 0 Å². The molecule has 7 heteroatoms. The molecule has 1 aromatic rings. The van der Waals surface area contributed by atoms with E-state index in [4.69, 9.17) is 10.5 Å². The van der Waals surface area contributed by atoms with Crippen molar-refractivity contribution in [2.24, 2.45) is 5.73 Å². The molecule has 4 nitrogen and oxygen atoms in total. The van der Waals surface area contributed by atoms with Gasteiger partial charge in [-0.1, -0.05) is 31.0 Å². The molecule has 0 unspecified atom stereocenters. The smallest absolute Gasteiger partial charge is 0.422 e. The van der Waals surface area contributed by atoms with Crippen LogP contribution in [0.25, 0.3) is 0 Å². The Morgan fingerprint density at radius 2 is 1.91 bits per heavy atom. The van der Waals surface area contributed by atoms with Crippen molar-refractivity contribution >= 4 is 5.91 Å². The number of hydrogen-bond acceptors (Lipinski definition) is 3. The van der Waals surface area contributed by atoms with Gasteiger partial charge in [0.2, 0.25) is 5.91 Å². The highest BCUT2D eigenvalue weighted by Gasteiger charge is 2.36. The summed E-state index contributed by atoms with van der Waals surface area (Å²) >= 11 is 0. The summed E-state index contributed by atoms with van der Waals surface area (Å²) in [6.07, 6.45) is -1.32. The highest BCUT2D eigenvalue weighted by atomic mass is 19.4. The molecular weight excluding hydrogens is 297 g/mol. The zero-order valence-corrected chi connectivity index (χ0v) is 12.1. The predicted octanol–water partition coefficient (Wildman–Crippen LogP) is 2.52. The Labute approximate surface area is 126 Å². The van der Waals surface area contributed by atoms with Gasteiger partial charge in [0.25, 0.3) is 0 Å². The Morgan fingerprint density at radius 3 is 2.55 bits per heavy atom. The number of alkyl halides is 3. The van der Waals surface area contributed by atoms with Gasteiger partial charge in [-0.25, -0.2) is 0 Å². The van der Waals surface area contributed by atoms with E-state index in [-0.39, 0.29) is 18.2 Å². The van der Waals surface area contributed by atoms with Crippen molar-refractivity contribution in [2.75, 3.05) is 6.61 Å². The number of halogens is 3. The topological polar surface area (TPSA) is 64.4 Å². The minimum Gasteiger partial charge on any atom is -0.484 e. The number of nitrogens with one attached hydrogen (secondary N) is 1. The Kier molecular flexibility index (Phi) is 4.95. The van der Waals surface area contributed by atoms with E-state index in [2.05, 4.69) is 5.32 Å². The van der Waals surface area contributed by atoms with Crippen LogP contribution in [0.4, 0.5) is 13.2 Å². The number of hydrogen-bond donors (Lipinski definition) is 2. The molecule has 0 aliphatic heterocycles. The number of para-hydroxylation sites is 1. The first kappa shape index (κ1) is 16.6. The predicted molar refractivity (Wildman–Crippen MR) is 75.2 cm³/mol. The standard InChI is InChI=1S/C15H19F3N2O2/c16-15(17,18)10-22-12-6-2-1-5-11(12)9-20-13(21)14(19)7-3-4-8-14/h1-2,5-6H,3-4,7-10,19H2,(H,20,21). The van der Waals surface area contributed by atoms with Gasteiger partial charge in [0, 0.05) is 12.1 Å². The number of nitrogens with two attached hydrogens (primary N) is 1. The molecule has 0 atom stereocenters. The van der Waals surface area contributed by atoms with E-state index in [0.29, 0.717) is 18.4 Å². The van der Waals surface area contributed by atoms with E-state index in [0.717, 1.165) is 12.8 Å². The van der Waals surface area contributed by atoms with Crippen LogP contribution in [0, 0.1) is 0 Å². The number of carbonyl (C=O) groups excluding carboxylic acids is 1. The zero-order chi connectivity index (χ0) is 16.2. The fourth-order valence-corrected chi connectivity index (χ4v) is 2.53. The van der Waals surface area contributed by atoms with Gasteiger partial charge in [-0.2, -0.15) is 13.2 Å². The second kappa shape index (κ2) is 6.56. The Morgan fingerprint density at radius 1 is 1.27 bits per heavy atom. The van der Waals surface area contributed by atoms with E-state index in [1.54, 1.807) is 18.2 Å². The Balaban J connectivity index is 1.96. The molecule has 1 amide bonds. The van der Waals surface area contributed by atoms with Crippen LogP contribution < -0.4 is 15.8 Å². The molecule has 122 valence electrons. The monoisotopic (exact) mass is 316 g/mol. The van der Waals surface area contributed by atoms with Crippen LogP contribution in [0.5, 0.6) is 5.75 Å². The molecule has 0 heterocycles. The average Bonchev–Trinajstić information content (AvgIpc) is 2.90. The van der Waals surface area contributed by atoms with E-state index >= 15 is 0 Å². The second-order valence-electron chi connectivity index (χ2n) is 5.56. The minimum absolute atomic E-state index is 0.0891. The van der Waals surface area contributed by atoms with Gasteiger partial charge >= 0.3 is 6.18 Å². The third-order valence-electron chi connectivity index (χ3n) is 3.75. The average molecular weight is 316 g/mol. The summed E-state index contributed by atoms with van der Waals surface area (Å²) in [4.78, 5) is 12.1. The molecule has 0 aromatic heterocycles. The van der Waals surface area contributed by atoms with Crippen molar-refractivity contribution < 1.29 is 22.7 Å². The first-order chi connectivity index (χ1) is 10.3. The number of carbonyl (C=O) groups is 1. The summed E-state index contributed by atoms with van der Waals surface area (Å²) in [6, 6.07) is 6.32. The van der Waals surface area contributed by atoms with E-state index < -0.39 is 18.3 Å². The van der Waals surface area contributed by atoms with E-state index in [9.17, 15) is 18.0 Å². The molecule has 2 rings (SSSR count). The second-order valence-corrected chi connectivity index (χ2v) is 5.56. The molecule has 22 heavy (non-hydrogen) atoms. The van der Waals surface area contributed by atoms with Crippen LogP contribution in [0.2, 0.25) is 0 Å². The molecule has 0 radical (unpaired) electrons. The molecule has 3 N–H and O–H groups in total. The van der Waals surface area contributed by atoms with Gasteiger partial charge in [-0.05, 0) is 18.9 Å². The number of ether oxygens (including phenoxy) is 1. The molecule has 0 spiro atoms. The summed E-state index contributed by atoms with van der Waals surface area (Å²) in [6.45, 7) is -1.27. The maximum absolute atomic E-state index is 12.2. The number of rotatable bonds is 5. The van der Waals surface area contributed by atoms with Crippen molar-refractivity contribution in [3.05, 3.63) is 29.8 Å². The summed E-state index contributed by atoms with van der Waals surface area (Å²) in [7, 11) is 0. The summed E-state index contributed by atoms with van der Waals surface area (Å²) in [5.74, 6) is -0.159. The molecule has 1 aliphatic rings. The van der Waals surface area contributed by atoms with Crippen LogP contribution in [0.3, 0.4) is 0 Å². The van der Waals surface area contributed by atoms with E-state index in [1.165, 1.54) is 6.07 Å². The van der Waals surface area contributed by atoms with Crippen LogP contribution in [0.1, 0.15) is 31.2 Å². The van der Waals surface area contributed by atoms with Gasteiger partial charge < -0.3 is 15.8 Å². The van der Waals surface area contributed by atoms with Crippen LogP contribution in [-0.2, 0) is 11.3 Å². The summed E-state index contributed by atoms with van der Waals surface area (Å²) < 4.78 is 41.5. The lowest BCUT2D eigenvalue weighted by atomic mass is 9.98. The molecule has 1 aromatic carbocycles. The van der Waals surface area contributed by atoms with Crippen molar-refractivity contribution in [1.82, 2.24) is 5.32 Å². The highest BCUT2D eigenvalue weighted by Crippen LogP contribution is 2.28. The zero-order valence-electron chi connectivity index (χ0n) is 12.1. The SMILES string of the molecule is NC1(C(=O)NCc2ccccc2OCC(F)(F)F)CCCC1. The molecule has 1 saturated carbocycles. The fourth-order valence-electron chi connectivity index (χ4n) is 2.53.